The molecule has 0 saturated carbocycles. The van der Waals surface area contributed by atoms with Crippen molar-refractivity contribution in [2.75, 3.05) is 19.6 Å². The van der Waals surface area contributed by atoms with Crippen LogP contribution in [0.25, 0.3) is 0 Å². The second-order valence-electron chi connectivity index (χ2n) is 7.32. The predicted molar refractivity (Wildman–Crippen MR) is 103 cm³/mol. The summed E-state index contributed by atoms with van der Waals surface area (Å²) in [6.07, 6.45) is -0.0285. The van der Waals surface area contributed by atoms with Gasteiger partial charge in [0, 0.05) is 32.0 Å². The van der Waals surface area contributed by atoms with Crippen molar-refractivity contribution in [2.45, 2.75) is 12.3 Å². The molecule has 2 aliphatic heterocycles. The number of imide groups is 1. The highest BCUT2D eigenvalue weighted by Gasteiger charge is 2.41. The number of hydrogen-bond donors (Lipinski definition) is 1. The molecule has 0 aliphatic carbocycles. The molecule has 2 atom stereocenters. The first-order chi connectivity index (χ1) is 14.0. The molecule has 7 heteroatoms. The SMILES string of the molecule is O=C(O)C1CN(C(=O)CCN2C(=O)c3ccccc3C2=O)CC1c1ccccc1. The van der Waals surface area contributed by atoms with Crippen LogP contribution in [0.1, 0.15) is 38.6 Å². The van der Waals surface area contributed by atoms with Crippen LogP contribution in [-0.2, 0) is 9.59 Å². The highest BCUT2D eigenvalue weighted by Crippen LogP contribution is 2.33. The van der Waals surface area contributed by atoms with Gasteiger partial charge in [-0.1, -0.05) is 42.5 Å². The van der Waals surface area contributed by atoms with Gasteiger partial charge in [0.1, 0.15) is 0 Å². The van der Waals surface area contributed by atoms with E-state index in [1.165, 1.54) is 4.90 Å². The van der Waals surface area contributed by atoms with Crippen LogP contribution in [0.3, 0.4) is 0 Å². The number of likely N-dealkylation sites (tertiary alicyclic amines) is 1. The first kappa shape index (κ1) is 18.9. The number of nitrogens with zero attached hydrogens (tertiary/aromatic N) is 2. The second kappa shape index (κ2) is 7.50. The molecule has 1 fully saturated rings. The van der Waals surface area contributed by atoms with E-state index in [1.807, 2.05) is 30.3 Å². The summed E-state index contributed by atoms with van der Waals surface area (Å²) in [5.41, 5.74) is 1.58. The van der Waals surface area contributed by atoms with Crippen LogP contribution >= 0.6 is 0 Å². The third kappa shape index (κ3) is 3.40. The molecule has 0 radical (unpaired) electrons. The van der Waals surface area contributed by atoms with Crippen LogP contribution < -0.4 is 0 Å². The summed E-state index contributed by atoms with van der Waals surface area (Å²) in [6.45, 7) is 0.410. The largest absolute Gasteiger partial charge is 0.481 e. The smallest absolute Gasteiger partial charge is 0.308 e. The Kier molecular flexibility index (Phi) is 4.88. The zero-order valence-corrected chi connectivity index (χ0v) is 15.7. The average Bonchev–Trinajstić information content (AvgIpc) is 3.29. The molecule has 2 heterocycles. The number of fused-ring (bicyclic) bond motifs is 1. The van der Waals surface area contributed by atoms with Crippen molar-refractivity contribution >= 4 is 23.7 Å². The molecule has 29 heavy (non-hydrogen) atoms. The summed E-state index contributed by atoms with van der Waals surface area (Å²) >= 11 is 0. The van der Waals surface area contributed by atoms with E-state index >= 15 is 0 Å². The maximum Gasteiger partial charge on any atom is 0.308 e. The van der Waals surface area contributed by atoms with E-state index in [4.69, 9.17) is 0 Å². The number of carbonyl (C=O) groups excluding carboxylic acids is 3. The Morgan fingerprint density at radius 2 is 1.48 bits per heavy atom. The van der Waals surface area contributed by atoms with Gasteiger partial charge in [0.25, 0.3) is 11.8 Å². The third-order valence-corrected chi connectivity index (χ3v) is 5.64. The molecule has 3 amide bonds. The van der Waals surface area contributed by atoms with Crippen molar-refractivity contribution in [3.05, 3.63) is 71.3 Å². The number of benzene rings is 2. The van der Waals surface area contributed by atoms with Gasteiger partial charge >= 0.3 is 5.97 Å². The van der Waals surface area contributed by atoms with Gasteiger partial charge in [-0.2, -0.15) is 0 Å². The molecule has 1 N–H and O–H groups in total. The van der Waals surface area contributed by atoms with Crippen molar-refractivity contribution in [2.24, 2.45) is 5.92 Å². The van der Waals surface area contributed by atoms with Crippen molar-refractivity contribution in [3.8, 4) is 0 Å². The van der Waals surface area contributed by atoms with E-state index in [9.17, 15) is 24.3 Å². The Balaban J connectivity index is 1.43. The van der Waals surface area contributed by atoms with E-state index in [0.29, 0.717) is 17.7 Å². The van der Waals surface area contributed by atoms with Gasteiger partial charge in [0.05, 0.1) is 17.0 Å². The number of hydrogen-bond acceptors (Lipinski definition) is 4. The lowest BCUT2D eigenvalue weighted by Gasteiger charge is -2.19. The predicted octanol–water partition coefficient (Wildman–Crippen LogP) is 2.00. The quantitative estimate of drug-likeness (QED) is 0.786. The molecular weight excluding hydrogens is 372 g/mol. The molecule has 148 valence electrons. The van der Waals surface area contributed by atoms with E-state index in [-0.39, 0.29) is 31.3 Å². The zero-order valence-electron chi connectivity index (χ0n) is 15.7. The normalized spacial score (nSPS) is 20.8. The van der Waals surface area contributed by atoms with Crippen LogP contribution in [-0.4, -0.2) is 58.2 Å². The third-order valence-electron chi connectivity index (χ3n) is 5.64. The van der Waals surface area contributed by atoms with Gasteiger partial charge in [-0.05, 0) is 17.7 Å². The lowest BCUT2D eigenvalue weighted by molar-refractivity contribution is -0.141. The van der Waals surface area contributed by atoms with Gasteiger partial charge in [-0.25, -0.2) is 0 Å². The van der Waals surface area contributed by atoms with Crippen LogP contribution in [0.5, 0.6) is 0 Å². The number of carbonyl (C=O) groups is 4. The maximum atomic E-state index is 12.7. The highest BCUT2D eigenvalue weighted by atomic mass is 16.4. The first-order valence-corrected chi connectivity index (χ1v) is 9.48. The van der Waals surface area contributed by atoms with E-state index in [0.717, 1.165) is 10.5 Å². The molecule has 2 aliphatic rings. The van der Waals surface area contributed by atoms with Crippen molar-refractivity contribution in [3.63, 3.8) is 0 Å². The van der Waals surface area contributed by atoms with E-state index in [2.05, 4.69) is 0 Å². The number of aliphatic carboxylic acids is 1. The van der Waals surface area contributed by atoms with E-state index in [1.54, 1.807) is 24.3 Å². The molecule has 7 nitrogen and oxygen atoms in total. The fourth-order valence-electron chi connectivity index (χ4n) is 4.10. The molecule has 2 aromatic carbocycles. The number of carboxylic acids is 1. The Morgan fingerprint density at radius 3 is 2.07 bits per heavy atom. The molecule has 1 saturated heterocycles. The van der Waals surface area contributed by atoms with Crippen LogP contribution in [0, 0.1) is 5.92 Å². The van der Waals surface area contributed by atoms with Gasteiger partial charge in [0.2, 0.25) is 5.91 Å². The second-order valence-corrected chi connectivity index (χ2v) is 7.32. The van der Waals surface area contributed by atoms with Gasteiger partial charge < -0.3 is 10.0 Å². The van der Waals surface area contributed by atoms with Crippen molar-refractivity contribution < 1.29 is 24.3 Å². The molecular formula is C22H20N2O5. The number of carboxylic acid groups (broad SMARTS) is 1. The lowest BCUT2D eigenvalue weighted by Crippen LogP contribution is -2.36. The summed E-state index contributed by atoms with van der Waals surface area (Å²) in [7, 11) is 0. The van der Waals surface area contributed by atoms with Crippen LogP contribution in [0.4, 0.5) is 0 Å². The Hall–Kier alpha value is -3.48. The minimum atomic E-state index is -0.936. The van der Waals surface area contributed by atoms with Crippen molar-refractivity contribution in [1.29, 1.82) is 0 Å². The maximum absolute atomic E-state index is 12.7. The molecule has 2 aromatic rings. The fourth-order valence-corrected chi connectivity index (χ4v) is 4.10. The molecule has 2 unspecified atom stereocenters. The average molecular weight is 392 g/mol. The minimum Gasteiger partial charge on any atom is -0.481 e. The highest BCUT2D eigenvalue weighted by molar-refractivity contribution is 6.21. The standard InChI is InChI=1S/C22H20N2O5/c25-19(10-11-24-20(26)15-8-4-5-9-16(15)21(24)27)23-12-17(18(13-23)22(28)29)14-6-2-1-3-7-14/h1-9,17-18H,10-13H2,(H,28,29). The number of amides is 3. The monoisotopic (exact) mass is 392 g/mol. The molecule has 0 aromatic heterocycles. The van der Waals surface area contributed by atoms with Crippen LogP contribution in [0.2, 0.25) is 0 Å². The fraction of sp³-hybridized carbons (Fsp3) is 0.273. The lowest BCUT2D eigenvalue weighted by atomic mass is 9.89. The Bertz CT molecular complexity index is 953. The summed E-state index contributed by atoms with van der Waals surface area (Å²) in [4.78, 5) is 51.9. The summed E-state index contributed by atoms with van der Waals surface area (Å²) in [6, 6.07) is 15.9. The van der Waals surface area contributed by atoms with Gasteiger partial charge in [-0.15, -0.1) is 0 Å². The topological polar surface area (TPSA) is 95.0 Å². The van der Waals surface area contributed by atoms with Crippen molar-refractivity contribution in [1.82, 2.24) is 9.80 Å². The summed E-state index contributed by atoms with van der Waals surface area (Å²) in [5.74, 6) is -2.95. The zero-order chi connectivity index (χ0) is 20.5. The Morgan fingerprint density at radius 1 is 0.897 bits per heavy atom. The summed E-state index contributed by atoms with van der Waals surface area (Å²) in [5, 5.41) is 9.58. The molecule has 4 rings (SSSR count). The first-order valence-electron chi connectivity index (χ1n) is 9.48. The molecule has 0 spiro atoms. The molecule has 0 bridgehead atoms. The number of rotatable bonds is 5. The van der Waals surface area contributed by atoms with Crippen LogP contribution in [0.15, 0.2) is 54.6 Å². The minimum absolute atomic E-state index is 0.0184. The Labute approximate surface area is 167 Å². The van der Waals surface area contributed by atoms with E-state index < -0.39 is 23.7 Å². The van der Waals surface area contributed by atoms with Gasteiger partial charge in [0.15, 0.2) is 0 Å². The summed E-state index contributed by atoms with van der Waals surface area (Å²) < 4.78 is 0. The van der Waals surface area contributed by atoms with Gasteiger partial charge in [-0.3, -0.25) is 24.1 Å².